The van der Waals surface area contributed by atoms with Gasteiger partial charge in [-0.15, -0.1) is 0 Å². The summed E-state index contributed by atoms with van der Waals surface area (Å²) in [5, 5.41) is 0. The van der Waals surface area contributed by atoms with Crippen molar-refractivity contribution in [3.8, 4) is 11.1 Å². The third kappa shape index (κ3) is 1.90. The van der Waals surface area contributed by atoms with Crippen LogP contribution in [-0.4, -0.2) is 9.38 Å². The number of fused-ring (bicyclic) bond motifs is 1. The maximum Gasteiger partial charge on any atom is 0.267 e. The second-order valence-electron chi connectivity index (χ2n) is 3.88. The van der Waals surface area contributed by atoms with Gasteiger partial charge in [-0.1, -0.05) is 22.9 Å². The number of imidazole rings is 1. The Hall–Kier alpha value is -1.86. The van der Waals surface area contributed by atoms with Crippen molar-refractivity contribution in [3.63, 3.8) is 0 Å². The number of rotatable bonds is 1. The third-order valence-electron chi connectivity index (χ3n) is 2.67. The van der Waals surface area contributed by atoms with E-state index in [4.69, 9.17) is 11.6 Å². The van der Waals surface area contributed by atoms with Crippen molar-refractivity contribution < 1.29 is 13.2 Å². The Morgan fingerprint density at radius 1 is 1.15 bits per heavy atom. The summed E-state index contributed by atoms with van der Waals surface area (Å²) in [6.07, 6.45) is 2.72. The van der Waals surface area contributed by atoms with Crippen molar-refractivity contribution in [1.29, 1.82) is 0 Å². The molecule has 0 radical (unpaired) electrons. The summed E-state index contributed by atoms with van der Waals surface area (Å²) in [7, 11) is 0. The molecule has 0 N–H and O–H groups in total. The first kappa shape index (κ1) is 13.1. The minimum atomic E-state index is -1.19. The molecule has 102 valence electrons. The fourth-order valence-corrected chi connectivity index (χ4v) is 3.03. The second-order valence-corrected chi connectivity index (χ2v) is 5.46. The highest BCUT2D eigenvalue weighted by molar-refractivity contribution is 7.20. The minimum absolute atomic E-state index is 0.113. The zero-order valence-corrected chi connectivity index (χ0v) is 11.1. The molecule has 3 aromatic rings. The van der Waals surface area contributed by atoms with Crippen molar-refractivity contribution in [2.24, 2.45) is 0 Å². The van der Waals surface area contributed by atoms with Crippen LogP contribution in [0.5, 0.6) is 0 Å². The molecule has 3 rings (SSSR count). The Balaban J connectivity index is 2.44. The highest BCUT2D eigenvalue weighted by atomic mass is 35.5. The lowest BCUT2D eigenvalue weighted by atomic mass is 10.1. The highest BCUT2D eigenvalue weighted by Crippen LogP contribution is 2.33. The van der Waals surface area contributed by atoms with E-state index in [1.54, 1.807) is 0 Å². The molecule has 0 aliphatic carbocycles. The fourth-order valence-electron chi connectivity index (χ4n) is 1.84. The molecule has 0 spiro atoms. The van der Waals surface area contributed by atoms with Gasteiger partial charge in [0.05, 0.1) is 11.1 Å². The topological polar surface area (TPSA) is 34.4 Å². The van der Waals surface area contributed by atoms with Crippen molar-refractivity contribution in [2.75, 3.05) is 0 Å². The van der Waals surface area contributed by atoms with Gasteiger partial charge in [0.2, 0.25) is 0 Å². The van der Waals surface area contributed by atoms with Crippen LogP contribution in [0.1, 0.15) is 0 Å². The molecular weight excluding hydrogens is 313 g/mol. The lowest BCUT2D eigenvalue weighted by Gasteiger charge is -2.07. The molecule has 0 atom stereocenters. The van der Waals surface area contributed by atoms with Gasteiger partial charge < -0.3 is 0 Å². The molecule has 0 aliphatic heterocycles. The van der Waals surface area contributed by atoms with Gasteiger partial charge in [0.15, 0.2) is 4.96 Å². The predicted octanol–water partition coefficient (Wildman–Crippen LogP) is 3.49. The van der Waals surface area contributed by atoms with Crippen LogP contribution >= 0.6 is 22.9 Å². The molecule has 0 saturated carbocycles. The van der Waals surface area contributed by atoms with Crippen molar-refractivity contribution in [1.82, 2.24) is 9.38 Å². The van der Waals surface area contributed by atoms with Gasteiger partial charge in [-0.3, -0.25) is 9.20 Å². The second kappa shape index (κ2) is 4.60. The standard InChI is InChI=1S/C12H4ClF3N2OS/c13-10-9(8-6(15)3-5(14)4-7(8)16)11(19)18-2-1-17-12(18)20-10/h1-4H. The lowest BCUT2D eigenvalue weighted by molar-refractivity contribution is 0.548. The molecule has 2 aromatic heterocycles. The minimum Gasteiger partial charge on any atom is -0.268 e. The summed E-state index contributed by atoms with van der Waals surface area (Å²) in [6, 6.07) is 0.994. The fraction of sp³-hybridized carbons (Fsp3) is 0. The monoisotopic (exact) mass is 316 g/mol. The number of hydrogen-bond donors (Lipinski definition) is 0. The van der Waals surface area contributed by atoms with Crippen molar-refractivity contribution >= 4 is 27.9 Å². The van der Waals surface area contributed by atoms with Gasteiger partial charge in [-0.2, -0.15) is 0 Å². The molecule has 2 heterocycles. The average Bonchev–Trinajstić information content (AvgIpc) is 2.80. The van der Waals surface area contributed by atoms with E-state index in [2.05, 4.69) is 4.98 Å². The summed E-state index contributed by atoms with van der Waals surface area (Å²) in [5.41, 5.74) is -1.71. The normalized spacial score (nSPS) is 11.2. The summed E-state index contributed by atoms with van der Waals surface area (Å²) >= 11 is 6.82. The van der Waals surface area contributed by atoms with Gasteiger partial charge in [0, 0.05) is 24.5 Å². The Kier molecular flexibility index (Phi) is 3.02. The van der Waals surface area contributed by atoms with Crippen LogP contribution in [0.4, 0.5) is 13.2 Å². The van der Waals surface area contributed by atoms with Gasteiger partial charge in [0.1, 0.15) is 21.8 Å². The van der Waals surface area contributed by atoms with Crippen LogP contribution in [0, 0.1) is 17.5 Å². The number of aromatic nitrogens is 2. The van der Waals surface area contributed by atoms with E-state index in [9.17, 15) is 18.0 Å². The molecule has 0 amide bonds. The molecule has 1 aromatic carbocycles. The highest BCUT2D eigenvalue weighted by Gasteiger charge is 2.21. The van der Waals surface area contributed by atoms with Crippen LogP contribution in [0.25, 0.3) is 16.1 Å². The van der Waals surface area contributed by atoms with Gasteiger partial charge in [-0.25, -0.2) is 18.2 Å². The summed E-state index contributed by atoms with van der Waals surface area (Å²) in [4.78, 5) is 16.4. The van der Waals surface area contributed by atoms with Crippen molar-refractivity contribution in [2.45, 2.75) is 0 Å². The predicted molar refractivity (Wildman–Crippen MR) is 69.7 cm³/mol. The van der Waals surface area contributed by atoms with E-state index in [0.717, 1.165) is 15.7 Å². The largest absolute Gasteiger partial charge is 0.268 e. The van der Waals surface area contributed by atoms with E-state index < -0.39 is 28.6 Å². The van der Waals surface area contributed by atoms with E-state index in [1.165, 1.54) is 12.4 Å². The first-order valence-electron chi connectivity index (χ1n) is 5.29. The van der Waals surface area contributed by atoms with Crippen LogP contribution in [0.3, 0.4) is 0 Å². The lowest BCUT2D eigenvalue weighted by Crippen LogP contribution is -2.15. The van der Waals surface area contributed by atoms with E-state index in [0.29, 0.717) is 17.1 Å². The Bertz CT molecular complexity index is 867. The smallest absolute Gasteiger partial charge is 0.267 e. The number of hydrogen-bond acceptors (Lipinski definition) is 3. The number of benzene rings is 1. The molecule has 0 aliphatic rings. The molecule has 3 nitrogen and oxygen atoms in total. The SMILES string of the molecule is O=c1c(-c2c(F)cc(F)cc2F)c(Cl)sc2nccn12. The Labute approximate surface area is 118 Å². The summed E-state index contributed by atoms with van der Waals surface area (Å²) in [6.45, 7) is 0. The molecule has 0 bridgehead atoms. The Morgan fingerprint density at radius 2 is 1.80 bits per heavy atom. The quantitative estimate of drug-likeness (QED) is 0.688. The van der Waals surface area contributed by atoms with Gasteiger partial charge in [-0.05, 0) is 0 Å². The van der Waals surface area contributed by atoms with Gasteiger partial charge >= 0.3 is 0 Å². The van der Waals surface area contributed by atoms with Crippen molar-refractivity contribution in [3.05, 3.63) is 56.7 Å². The molecule has 20 heavy (non-hydrogen) atoms. The molecule has 8 heteroatoms. The summed E-state index contributed by atoms with van der Waals surface area (Å²) in [5.74, 6) is -3.44. The number of nitrogens with zero attached hydrogens (tertiary/aromatic N) is 2. The van der Waals surface area contributed by atoms with Crippen LogP contribution < -0.4 is 5.56 Å². The van der Waals surface area contributed by atoms with E-state index in [-0.39, 0.29) is 9.90 Å². The maximum atomic E-state index is 13.8. The van der Waals surface area contributed by atoms with Crippen LogP contribution in [0.2, 0.25) is 4.34 Å². The number of halogens is 4. The first-order chi connectivity index (χ1) is 9.49. The average molecular weight is 317 g/mol. The third-order valence-corrected chi connectivity index (χ3v) is 3.96. The molecule has 0 unspecified atom stereocenters. The van der Waals surface area contributed by atoms with Crippen LogP contribution in [0.15, 0.2) is 29.3 Å². The molecule has 0 fully saturated rings. The van der Waals surface area contributed by atoms with Crippen LogP contribution in [-0.2, 0) is 0 Å². The van der Waals surface area contributed by atoms with E-state index >= 15 is 0 Å². The Morgan fingerprint density at radius 3 is 2.45 bits per heavy atom. The van der Waals surface area contributed by atoms with Gasteiger partial charge in [0.25, 0.3) is 5.56 Å². The maximum absolute atomic E-state index is 13.8. The molecule has 0 saturated heterocycles. The zero-order chi connectivity index (χ0) is 14.4. The molecular formula is C12H4ClF3N2OS. The first-order valence-corrected chi connectivity index (χ1v) is 6.49. The zero-order valence-electron chi connectivity index (χ0n) is 9.53. The van der Waals surface area contributed by atoms with E-state index in [1.807, 2.05) is 0 Å². The summed E-state index contributed by atoms with van der Waals surface area (Å²) < 4.78 is 41.5.